The molecule has 0 spiro atoms. The Hall–Kier alpha value is -3.64. The molecule has 1 amide bonds. The second-order valence-electron chi connectivity index (χ2n) is 6.85. The van der Waals surface area contributed by atoms with E-state index in [0.717, 1.165) is 16.5 Å². The molecule has 0 saturated carbocycles. The molecular weight excluding hydrogens is 402 g/mol. The van der Waals surface area contributed by atoms with E-state index in [1.54, 1.807) is 28.9 Å². The number of carboxylic acid groups (broad SMARTS) is 1. The summed E-state index contributed by atoms with van der Waals surface area (Å²) in [6.07, 6.45) is -0.122. The number of aromatic nitrogens is 2. The standard InChI is InChI=1S/C23H18ClN3O3/c24-17-9-7-16(8-10-17)23(30)25-18-11-5-15(6-12-18)14-27-21-4-2-1-3-19(21)20(26-27)13-22(28)29/h1-12H,13-14H2,(H,25,30)(H,28,29). The van der Waals surface area contributed by atoms with Gasteiger partial charge in [-0.1, -0.05) is 41.9 Å². The van der Waals surface area contributed by atoms with Crippen molar-refractivity contribution in [3.8, 4) is 0 Å². The second-order valence-corrected chi connectivity index (χ2v) is 7.29. The minimum Gasteiger partial charge on any atom is -0.481 e. The molecule has 7 heteroatoms. The Balaban J connectivity index is 1.50. The lowest BCUT2D eigenvalue weighted by Gasteiger charge is -2.08. The molecule has 6 nitrogen and oxygen atoms in total. The molecule has 4 rings (SSSR count). The summed E-state index contributed by atoms with van der Waals surface area (Å²) >= 11 is 5.86. The monoisotopic (exact) mass is 419 g/mol. The molecule has 0 saturated heterocycles. The predicted molar refractivity (Wildman–Crippen MR) is 116 cm³/mol. The average molecular weight is 420 g/mol. The van der Waals surface area contributed by atoms with Gasteiger partial charge in [0.15, 0.2) is 0 Å². The van der Waals surface area contributed by atoms with Crippen LogP contribution < -0.4 is 5.32 Å². The highest BCUT2D eigenvalue weighted by atomic mass is 35.5. The molecule has 3 aromatic carbocycles. The maximum absolute atomic E-state index is 12.3. The van der Waals surface area contributed by atoms with E-state index >= 15 is 0 Å². The molecule has 1 aromatic heterocycles. The van der Waals surface area contributed by atoms with Gasteiger partial charge in [-0.2, -0.15) is 5.10 Å². The summed E-state index contributed by atoms with van der Waals surface area (Å²) in [5, 5.41) is 17.9. The number of nitrogens with one attached hydrogen (secondary N) is 1. The average Bonchev–Trinajstić information content (AvgIpc) is 3.07. The molecular formula is C23H18ClN3O3. The van der Waals surface area contributed by atoms with Gasteiger partial charge in [0.2, 0.25) is 0 Å². The van der Waals surface area contributed by atoms with E-state index in [0.29, 0.717) is 28.5 Å². The van der Waals surface area contributed by atoms with E-state index in [4.69, 9.17) is 16.7 Å². The molecule has 0 aliphatic carbocycles. The van der Waals surface area contributed by atoms with Crippen LogP contribution in [0.25, 0.3) is 10.9 Å². The summed E-state index contributed by atoms with van der Waals surface area (Å²) in [4.78, 5) is 23.5. The zero-order chi connectivity index (χ0) is 21.1. The van der Waals surface area contributed by atoms with Crippen LogP contribution in [0.2, 0.25) is 5.02 Å². The first-order valence-electron chi connectivity index (χ1n) is 9.32. The van der Waals surface area contributed by atoms with Crippen molar-refractivity contribution in [1.82, 2.24) is 9.78 Å². The molecule has 0 aliphatic rings. The van der Waals surface area contributed by atoms with Gasteiger partial charge < -0.3 is 10.4 Å². The number of aliphatic carboxylic acids is 1. The second kappa shape index (κ2) is 8.39. The Morgan fingerprint density at radius 1 is 0.967 bits per heavy atom. The van der Waals surface area contributed by atoms with Crippen molar-refractivity contribution in [1.29, 1.82) is 0 Å². The minimum atomic E-state index is -0.911. The number of para-hydroxylation sites is 1. The van der Waals surface area contributed by atoms with E-state index in [-0.39, 0.29) is 12.3 Å². The van der Waals surface area contributed by atoms with Crippen LogP contribution in [0, 0.1) is 0 Å². The molecule has 0 fully saturated rings. The van der Waals surface area contributed by atoms with Crippen molar-refractivity contribution in [2.75, 3.05) is 5.32 Å². The molecule has 0 unspecified atom stereocenters. The number of hydrogen-bond donors (Lipinski definition) is 2. The molecule has 0 radical (unpaired) electrons. The quantitative estimate of drug-likeness (QED) is 0.477. The van der Waals surface area contributed by atoms with Crippen molar-refractivity contribution in [3.63, 3.8) is 0 Å². The molecule has 150 valence electrons. The fourth-order valence-corrected chi connectivity index (χ4v) is 3.39. The maximum atomic E-state index is 12.3. The number of carbonyl (C=O) groups is 2. The van der Waals surface area contributed by atoms with Gasteiger partial charge in [0, 0.05) is 21.7 Å². The van der Waals surface area contributed by atoms with Gasteiger partial charge in [0.05, 0.1) is 24.2 Å². The van der Waals surface area contributed by atoms with Gasteiger partial charge in [-0.15, -0.1) is 0 Å². The summed E-state index contributed by atoms with van der Waals surface area (Å²) in [6.45, 7) is 0.492. The van der Waals surface area contributed by atoms with Crippen molar-refractivity contribution in [2.24, 2.45) is 0 Å². The first-order chi connectivity index (χ1) is 14.5. The molecule has 2 N–H and O–H groups in total. The molecule has 0 aliphatic heterocycles. The lowest BCUT2D eigenvalue weighted by molar-refractivity contribution is -0.136. The van der Waals surface area contributed by atoms with Crippen molar-refractivity contribution in [2.45, 2.75) is 13.0 Å². The van der Waals surface area contributed by atoms with E-state index in [9.17, 15) is 9.59 Å². The highest BCUT2D eigenvalue weighted by molar-refractivity contribution is 6.30. The Kier molecular flexibility index (Phi) is 5.50. The first-order valence-corrected chi connectivity index (χ1v) is 9.69. The molecule has 1 heterocycles. The summed E-state index contributed by atoms with van der Waals surface area (Å²) in [6, 6.07) is 21.7. The number of anilines is 1. The third-order valence-corrected chi connectivity index (χ3v) is 4.96. The van der Waals surface area contributed by atoms with Crippen molar-refractivity contribution >= 4 is 40.1 Å². The van der Waals surface area contributed by atoms with Gasteiger partial charge in [-0.25, -0.2) is 0 Å². The number of halogens is 1. The highest BCUT2D eigenvalue weighted by Crippen LogP contribution is 2.21. The first kappa shape index (κ1) is 19.7. The van der Waals surface area contributed by atoms with Gasteiger partial charge in [-0.05, 0) is 48.0 Å². The highest BCUT2D eigenvalue weighted by Gasteiger charge is 2.13. The predicted octanol–water partition coefficient (Wildman–Crippen LogP) is 4.62. The van der Waals surface area contributed by atoms with Crippen molar-refractivity contribution < 1.29 is 14.7 Å². The Morgan fingerprint density at radius 2 is 1.67 bits per heavy atom. The zero-order valence-electron chi connectivity index (χ0n) is 15.9. The topological polar surface area (TPSA) is 84.2 Å². The van der Waals surface area contributed by atoms with Crippen LogP contribution in [0.4, 0.5) is 5.69 Å². The van der Waals surface area contributed by atoms with Crippen LogP contribution in [0.1, 0.15) is 21.6 Å². The number of carboxylic acids is 1. The number of benzene rings is 3. The van der Waals surface area contributed by atoms with E-state index in [1.165, 1.54) is 0 Å². The van der Waals surface area contributed by atoms with Crippen molar-refractivity contribution in [3.05, 3.63) is 94.6 Å². The molecule has 4 aromatic rings. The van der Waals surface area contributed by atoms with E-state index in [2.05, 4.69) is 10.4 Å². The van der Waals surface area contributed by atoms with Crippen LogP contribution in [-0.2, 0) is 17.8 Å². The maximum Gasteiger partial charge on any atom is 0.309 e. The number of rotatable bonds is 6. The smallest absolute Gasteiger partial charge is 0.309 e. The van der Waals surface area contributed by atoms with Gasteiger partial charge in [0.1, 0.15) is 0 Å². The Morgan fingerprint density at radius 3 is 2.37 bits per heavy atom. The number of carbonyl (C=O) groups excluding carboxylic acids is 1. The van der Waals surface area contributed by atoms with Crippen LogP contribution in [0.15, 0.2) is 72.8 Å². The Bertz CT molecular complexity index is 1210. The van der Waals surface area contributed by atoms with E-state index < -0.39 is 5.97 Å². The lowest BCUT2D eigenvalue weighted by Crippen LogP contribution is -2.11. The summed E-state index contributed by atoms with van der Waals surface area (Å²) < 4.78 is 1.80. The van der Waals surface area contributed by atoms with Crippen LogP contribution in [0.3, 0.4) is 0 Å². The van der Waals surface area contributed by atoms with Crippen LogP contribution in [-0.4, -0.2) is 26.8 Å². The number of nitrogens with zero attached hydrogens (tertiary/aromatic N) is 2. The molecule has 0 atom stereocenters. The third-order valence-electron chi connectivity index (χ3n) is 4.70. The minimum absolute atomic E-state index is 0.122. The SMILES string of the molecule is O=C(O)Cc1nn(Cc2ccc(NC(=O)c3ccc(Cl)cc3)cc2)c2ccccc12. The summed E-state index contributed by atoms with van der Waals surface area (Å²) in [5.74, 6) is -1.12. The van der Waals surface area contributed by atoms with E-state index in [1.807, 2.05) is 48.5 Å². The van der Waals surface area contributed by atoms with Gasteiger partial charge >= 0.3 is 5.97 Å². The Labute approximate surface area is 177 Å². The van der Waals surface area contributed by atoms with Gasteiger partial charge in [-0.3, -0.25) is 14.3 Å². The molecule has 30 heavy (non-hydrogen) atoms. The van der Waals surface area contributed by atoms with Gasteiger partial charge in [0.25, 0.3) is 5.91 Å². The lowest BCUT2D eigenvalue weighted by atomic mass is 10.1. The number of hydrogen-bond acceptors (Lipinski definition) is 3. The van der Waals surface area contributed by atoms with Crippen LogP contribution >= 0.6 is 11.6 Å². The normalized spacial score (nSPS) is 10.8. The third kappa shape index (κ3) is 4.34. The fourth-order valence-electron chi connectivity index (χ4n) is 3.26. The summed E-state index contributed by atoms with van der Waals surface area (Å²) in [7, 11) is 0. The zero-order valence-corrected chi connectivity index (χ0v) is 16.6. The van der Waals surface area contributed by atoms with Crippen LogP contribution in [0.5, 0.6) is 0 Å². The fraction of sp³-hybridized carbons (Fsp3) is 0.0870. The largest absolute Gasteiger partial charge is 0.481 e. The summed E-state index contributed by atoms with van der Waals surface area (Å²) in [5.41, 5.74) is 3.61. The number of amides is 1. The molecule has 0 bridgehead atoms. The number of fused-ring (bicyclic) bond motifs is 1.